The van der Waals surface area contributed by atoms with Crippen molar-refractivity contribution < 1.29 is 9.70 Å². The van der Waals surface area contributed by atoms with Gasteiger partial charge in [-0.15, -0.1) is 4.59 Å². The van der Waals surface area contributed by atoms with Crippen LogP contribution in [0.1, 0.15) is 36.5 Å². The van der Waals surface area contributed by atoms with Gasteiger partial charge in [0.2, 0.25) is 5.70 Å². The zero-order chi connectivity index (χ0) is 20.1. The van der Waals surface area contributed by atoms with Gasteiger partial charge in [0.15, 0.2) is 0 Å². The molecule has 2 aromatic rings. The Bertz CT molecular complexity index is 1060. The molecular weight excluding hydrogens is 360 g/mol. The molecular formula is C24H25N4O+. The fourth-order valence-electron chi connectivity index (χ4n) is 4.50. The van der Waals surface area contributed by atoms with E-state index in [0.717, 1.165) is 29.2 Å². The fourth-order valence-corrected chi connectivity index (χ4v) is 4.50. The number of fused-ring (bicyclic) bond motifs is 1. The van der Waals surface area contributed by atoms with Crippen LogP contribution >= 0.6 is 0 Å². The number of nitrogens with two attached hydrogens (primary N) is 1. The number of quaternary nitrogens is 1. The lowest BCUT2D eigenvalue weighted by Crippen LogP contribution is -2.53. The summed E-state index contributed by atoms with van der Waals surface area (Å²) in [6.45, 7) is 1.87. The van der Waals surface area contributed by atoms with Crippen molar-refractivity contribution in [2.24, 2.45) is 21.7 Å². The molecule has 5 heteroatoms. The average molecular weight is 385 g/mol. The minimum Gasteiger partial charge on any atom is -0.390 e. The van der Waals surface area contributed by atoms with Gasteiger partial charge in [0.1, 0.15) is 11.9 Å². The topological polar surface area (TPSA) is 71.0 Å². The molecule has 3 N–H and O–H groups in total. The lowest BCUT2D eigenvalue weighted by molar-refractivity contribution is -0.750. The highest BCUT2D eigenvalue weighted by Crippen LogP contribution is 2.46. The lowest BCUT2D eigenvalue weighted by Gasteiger charge is -2.40. The Hall–Kier alpha value is -2.86. The summed E-state index contributed by atoms with van der Waals surface area (Å²) in [5, 5.41) is 10.2. The number of hydrogen-bond donors (Lipinski definition) is 2. The van der Waals surface area contributed by atoms with Crippen LogP contribution in [0, 0.1) is 5.92 Å². The molecule has 5 rings (SSSR count). The second-order valence-corrected chi connectivity index (χ2v) is 8.52. The molecule has 3 aliphatic rings. The van der Waals surface area contributed by atoms with E-state index < -0.39 is 5.60 Å². The van der Waals surface area contributed by atoms with Crippen LogP contribution in [0.2, 0.25) is 0 Å². The Labute approximate surface area is 170 Å². The van der Waals surface area contributed by atoms with E-state index in [4.69, 9.17) is 10.8 Å². The molecule has 2 aliphatic heterocycles. The number of rotatable bonds is 4. The van der Waals surface area contributed by atoms with E-state index in [1.165, 1.54) is 11.1 Å². The van der Waals surface area contributed by atoms with Crippen molar-refractivity contribution in [3.63, 3.8) is 0 Å². The number of amidine groups is 1. The number of benzene rings is 2. The van der Waals surface area contributed by atoms with Crippen LogP contribution in [0.25, 0.3) is 0 Å². The summed E-state index contributed by atoms with van der Waals surface area (Å²) < 4.78 is 0.0372. The molecule has 1 aliphatic carbocycles. The molecule has 1 fully saturated rings. The number of allylic oxidation sites excluding steroid dienone is 2. The SMILES string of the molecule is CC1(O)CC(C2=C3C=NC=C[N+]3(N)C(c3ccc(Cc4ccccc4)cc3)=N2)C1. The molecule has 0 aromatic heterocycles. The van der Waals surface area contributed by atoms with Crippen LogP contribution in [0.4, 0.5) is 0 Å². The van der Waals surface area contributed by atoms with Crippen molar-refractivity contribution in [3.05, 3.63) is 95.1 Å². The molecule has 0 radical (unpaired) electrons. The van der Waals surface area contributed by atoms with Gasteiger partial charge in [-0.25, -0.2) is 0 Å². The quantitative estimate of drug-likeness (QED) is 0.623. The maximum Gasteiger partial charge on any atom is 0.264 e. The smallest absolute Gasteiger partial charge is 0.264 e. The summed E-state index contributed by atoms with van der Waals surface area (Å²) in [6.07, 6.45) is 7.71. The zero-order valence-corrected chi connectivity index (χ0v) is 16.5. The molecule has 5 nitrogen and oxygen atoms in total. The standard InChI is InChI=1S/C24H25N4O/c1-24(29)14-20(15-24)22-21-16-26-11-12-28(21,25)23(27-22)19-9-7-18(8-10-19)13-17-5-3-2-4-6-17/h2-12,16,20,29H,13-15,25H2,1H3/q+1. The predicted octanol–water partition coefficient (Wildman–Crippen LogP) is 3.66. The van der Waals surface area contributed by atoms with Gasteiger partial charge in [-0.05, 0) is 49.4 Å². The minimum absolute atomic E-state index is 0.0372. The molecule has 1 unspecified atom stereocenters. The van der Waals surface area contributed by atoms with Crippen molar-refractivity contribution in [1.29, 1.82) is 0 Å². The van der Waals surface area contributed by atoms with Crippen LogP contribution in [-0.2, 0) is 6.42 Å². The van der Waals surface area contributed by atoms with E-state index in [2.05, 4.69) is 53.5 Å². The Kier molecular flexibility index (Phi) is 4.13. The highest BCUT2D eigenvalue weighted by Gasteiger charge is 2.50. The van der Waals surface area contributed by atoms with E-state index in [0.29, 0.717) is 12.8 Å². The lowest BCUT2D eigenvalue weighted by atomic mass is 9.70. The van der Waals surface area contributed by atoms with E-state index in [1.807, 2.05) is 25.4 Å². The minimum atomic E-state index is -0.610. The predicted molar refractivity (Wildman–Crippen MR) is 115 cm³/mol. The highest BCUT2D eigenvalue weighted by atomic mass is 16.3. The maximum atomic E-state index is 10.2. The Morgan fingerprint density at radius 2 is 1.76 bits per heavy atom. The monoisotopic (exact) mass is 385 g/mol. The Morgan fingerprint density at radius 3 is 2.45 bits per heavy atom. The number of nitrogens with zero attached hydrogens (tertiary/aromatic N) is 3. The Balaban J connectivity index is 1.45. The summed E-state index contributed by atoms with van der Waals surface area (Å²) in [5.41, 5.74) is 4.79. The Morgan fingerprint density at radius 1 is 1.07 bits per heavy atom. The third-order valence-electron chi connectivity index (χ3n) is 6.04. The number of hydrogen-bond acceptors (Lipinski definition) is 4. The first-order valence-corrected chi connectivity index (χ1v) is 10.0. The molecule has 29 heavy (non-hydrogen) atoms. The van der Waals surface area contributed by atoms with Crippen LogP contribution < -0.4 is 5.84 Å². The van der Waals surface area contributed by atoms with E-state index in [9.17, 15) is 5.11 Å². The van der Waals surface area contributed by atoms with Crippen molar-refractivity contribution in [2.75, 3.05) is 0 Å². The van der Waals surface area contributed by atoms with Crippen LogP contribution in [0.15, 0.2) is 88.4 Å². The fraction of sp³-hybridized carbons (Fsp3) is 0.250. The van der Waals surface area contributed by atoms with Crippen molar-refractivity contribution >= 4 is 12.1 Å². The second kappa shape index (κ2) is 6.59. The summed E-state index contributed by atoms with van der Waals surface area (Å²) >= 11 is 0. The van der Waals surface area contributed by atoms with Crippen LogP contribution in [-0.4, -0.2) is 27.3 Å². The van der Waals surface area contributed by atoms with E-state index >= 15 is 0 Å². The molecule has 2 heterocycles. The van der Waals surface area contributed by atoms with Gasteiger partial charge in [0.05, 0.1) is 23.6 Å². The molecule has 146 valence electrons. The first-order chi connectivity index (χ1) is 13.9. The third-order valence-corrected chi connectivity index (χ3v) is 6.04. The first-order valence-electron chi connectivity index (χ1n) is 10.0. The average Bonchev–Trinajstić information content (AvgIpc) is 3.00. The van der Waals surface area contributed by atoms with Crippen molar-refractivity contribution in [1.82, 2.24) is 0 Å². The summed E-state index contributed by atoms with van der Waals surface area (Å²) in [7, 11) is 0. The zero-order valence-electron chi connectivity index (χ0n) is 16.5. The van der Waals surface area contributed by atoms with Gasteiger partial charge in [-0.2, -0.15) is 10.8 Å². The van der Waals surface area contributed by atoms with Crippen molar-refractivity contribution in [2.45, 2.75) is 31.8 Å². The van der Waals surface area contributed by atoms with E-state index in [1.54, 1.807) is 6.20 Å². The van der Waals surface area contributed by atoms with Gasteiger partial charge in [-0.1, -0.05) is 42.5 Å². The van der Waals surface area contributed by atoms with Crippen molar-refractivity contribution in [3.8, 4) is 0 Å². The van der Waals surface area contributed by atoms with Gasteiger partial charge < -0.3 is 5.11 Å². The normalized spacial score (nSPS) is 30.2. The molecule has 2 aromatic carbocycles. The molecule has 1 saturated carbocycles. The summed E-state index contributed by atoms with van der Waals surface area (Å²) in [4.78, 5) is 9.25. The molecule has 0 saturated heterocycles. The molecule has 0 amide bonds. The third kappa shape index (κ3) is 3.17. The largest absolute Gasteiger partial charge is 0.390 e. The first kappa shape index (κ1) is 18.2. The maximum absolute atomic E-state index is 10.2. The second-order valence-electron chi connectivity index (χ2n) is 8.52. The number of aliphatic hydroxyl groups is 1. The van der Waals surface area contributed by atoms with E-state index in [-0.39, 0.29) is 10.5 Å². The van der Waals surface area contributed by atoms with Gasteiger partial charge in [0.25, 0.3) is 5.84 Å². The van der Waals surface area contributed by atoms with Gasteiger partial charge in [-0.3, -0.25) is 4.99 Å². The van der Waals surface area contributed by atoms with Gasteiger partial charge >= 0.3 is 0 Å². The summed E-state index contributed by atoms with van der Waals surface area (Å²) in [6, 6.07) is 18.9. The summed E-state index contributed by atoms with van der Waals surface area (Å²) in [5.74, 6) is 7.80. The molecule has 0 bridgehead atoms. The van der Waals surface area contributed by atoms with Gasteiger partial charge in [0, 0.05) is 5.92 Å². The number of aliphatic imine (C=N–C) groups is 2. The molecule has 1 atom stereocenters. The van der Waals surface area contributed by atoms with Crippen LogP contribution in [0.5, 0.6) is 0 Å². The van der Waals surface area contributed by atoms with Crippen LogP contribution in [0.3, 0.4) is 0 Å². The highest BCUT2D eigenvalue weighted by molar-refractivity contribution is 6.00. The molecule has 0 spiro atoms.